The van der Waals surface area contributed by atoms with Crippen molar-refractivity contribution in [2.24, 2.45) is 0 Å². The van der Waals surface area contributed by atoms with E-state index in [2.05, 4.69) is 10.3 Å². The largest absolute Gasteiger partial charge is 0.495 e. The van der Waals surface area contributed by atoms with E-state index in [9.17, 15) is 9.59 Å². The zero-order chi connectivity index (χ0) is 19.2. The Morgan fingerprint density at radius 2 is 2.04 bits per heavy atom. The van der Waals surface area contributed by atoms with E-state index in [4.69, 9.17) is 21.1 Å². The first-order valence-electron chi connectivity index (χ1n) is 8.18. The van der Waals surface area contributed by atoms with Gasteiger partial charge in [0.25, 0.3) is 5.91 Å². The number of nitrogens with one attached hydrogen (secondary N) is 1. The van der Waals surface area contributed by atoms with Gasteiger partial charge < -0.3 is 14.8 Å². The number of nitrogens with zero attached hydrogens (tertiary/aromatic N) is 1. The van der Waals surface area contributed by atoms with E-state index in [1.807, 2.05) is 24.3 Å². The van der Waals surface area contributed by atoms with Gasteiger partial charge in [-0.3, -0.25) is 9.59 Å². The summed E-state index contributed by atoms with van der Waals surface area (Å²) in [4.78, 5) is 28.2. The number of amides is 1. The number of aryl methyl sites for hydroxylation is 1. The Kier molecular flexibility index (Phi) is 6.26. The Labute approximate surface area is 165 Å². The first-order chi connectivity index (χ1) is 13.0. The third-order valence-corrected chi connectivity index (χ3v) is 5.07. The van der Waals surface area contributed by atoms with Crippen LogP contribution in [0, 0.1) is 0 Å². The van der Waals surface area contributed by atoms with Crippen LogP contribution in [0.2, 0.25) is 5.02 Å². The molecule has 1 aromatic heterocycles. The van der Waals surface area contributed by atoms with E-state index in [1.54, 1.807) is 29.5 Å². The summed E-state index contributed by atoms with van der Waals surface area (Å²) in [5.41, 5.74) is 1.42. The lowest BCUT2D eigenvalue weighted by Crippen LogP contribution is -2.21. The van der Waals surface area contributed by atoms with Crippen LogP contribution in [-0.4, -0.2) is 30.6 Å². The van der Waals surface area contributed by atoms with Crippen LogP contribution in [0.4, 0.5) is 5.69 Å². The fourth-order valence-electron chi connectivity index (χ4n) is 2.40. The van der Waals surface area contributed by atoms with Crippen LogP contribution in [0.5, 0.6) is 5.75 Å². The van der Waals surface area contributed by atoms with Gasteiger partial charge in [0.15, 0.2) is 6.61 Å². The van der Waals surface area contributed by atoms with E-state index in [0.717, 1.165) is 15.2 Å². The van der Waals surface area contributed by atoms with Gasteiger partial charge in [0, 0.05) is 12.1 Å². The fourth-order valence-corrected chi connectivity index (χ4v) is 3.62. The van der Waals surface area contributed by atoms with Gasteiger partial charge in [-0.2, -0.15) is 0 Å². The highest BCUT2D eigenvalue weighted by molar-refractivity contribution is 7.18. The van der Waals surface area contributed by atoms with Gasteiger partial charge in [-0.1, -0.05) is 23.7 Å². The number of esters is 1. The lowest BCUT2D eigenvalue weighted by molar-refractivity contribution is -0.147. The maximum atomic E-state index is 11.9. The molecule has 1 amide bonds. The van der Waals surface area contributed by atoms with Crippen LogP contribution in [0.15, 0.2) is 42.5 Å². The molecule has 1 N–H and O–H groups in total. The van der Waals surface area contributed by atoms with Crippen LogP contribution in [0.1, 0.15) is 11.4 Å². The number of ether oxygens (including phenoxy) is 2. The summed E-state index contributed by atoms with van der Waals surface area (Å²) in [6, 6.07) is 12.7. The molecule has 0 aliphatic carbocycles. The molecule has 0 saturated heterocycles. The van der Waals surface area contributed by atoms with E-state index < -0.39 is 11.9 Å². The second-order valence-corrected chi connectivity index (χ2v) is 7.16. The summed E-state index contributed by atoms with van der Waals surface area (Å²) in [6.45, 7) is -0.359. The number of aromatic nitrogens is 1. The molecule has 3 rings (SSSR count). The highest BCUT2D eigenvalue weighted by Gasteiger charge is 2.11. The average Bonchev–Trinajstić information content (AvgIpc) is 3.08. The van der Waals surface area contributed by atoms with Gasteiger partial charge in [0.05, 0.1) is 33.8 Å². The Morgan fingerprint density at radius 1 is 1.22 bits per heavy atom. The number of rotatable bonds is 7. The van der Waals surface area contributed by atoms with E-state index in [1.165, 1.54) is 7.11 Å². The van der Waals surface area contributed by atoms with E-state index in [-0.39, 0.29) is 13.0 Å². The zero-order valence-electron chi connectivity index (χ0n) is 14.5. The minimum absolute atomic E-state index is 0.168. The summed E-state index contributed by atoms with van der Waals surface area (Å²) in [6.07, 6.45) is 0.648. The molecule has 8 heteroatoms. The van der Waals surface area contributed by atoms with Gasteiger partial charge in [-0.15, -0.1) is 11.3 Å². The van der Waals surface area contributed by atoms with E-state index >= 15 is 0 Å². The number of fused-ring (bicyclic) bond motifs is 1. The number of thiazole rings is 1. The molecule has 3 aromatic rings. The molecule has 0 unspecified atom stereocenters. The van der Waals surface area contributed by atoms with Gasteiger partial charge >= 0.3 is 5.97 Å². The molecule has 0 bridgehead atoms. The summed E-state index contributed by atoms with van der Waals surface area (Å²) >= 11 is 7.55. The number of carbonyl (C=O) groups is 2. The van der Waals surface area contributed by atoms with Crippen molar-refractivity contribution >= 4 is 50.7 Å². The number of hydrogen-bond donors (Lipinski definition) is 1. The number of anilines is 1. The van der Waals surface area contributed by atoms with Gasteiger partial charge in [-0.25, -0.2) is 4.98 Å². The summed E-state index contributed by atoms with van der Waals surface area (Å²) < 4.78 is 11.1. The molecule has 0 radical (unpaired) electrons. The van der Waals surface area contributed by atoms with Crippen molar-refractivity contribution in [3.8, 4) is 5.75 Å². The minimum Gasteiger partial charge on any atom is -0.495 e. The van der Waals surface area contributed by atoms with Gasteiger partial charge in [0.2, 0.25) is 0 Å². The Hall–Kier alpha value is -2.64. The van der Waals surface area contributed by atoms with Crippen molar-refractivity contribution in [1.82, 2.24) is 4.98 Å². The van der Waals surface area contributed by atoms with Crippen molar-refractivity contribution in [3.63, 3.8) is 0 Å². The van der Waals surface area contributed by atoms with Crippen LogP contribution in [-0.2, 0) is 20.7 Å². The predicted octanol–water partition coefficient (Wildman–Crippen LogP) is 4.07. The predicted molar refractivity (Wildman–Crippen MR) is 106 cm³/mol. The number of benzene rings is 2. The SMILES string of the molecule is COc1ccc(NC(=O)COC(=O)CCc2nc3ccccc3s2)cc1Cl. The van der Waals surface area contributed by atoms with Crippen molar-refractivity contribution in [2.45, 2.75) is 12.8 Å². The number of hydrogen-bond acceptors (Lipinski definition) is 6. The highest BCUT2D eigenvalue weighted by Crippen LogP contribution is 2.27. The molecule has 2 aromatic carbocycles. The number of halogens is 1. The van der Waals surface area contributed by atoms with Crippen molar-refractivity contribution in [3.05, 3.63) is 52.5 Å². The number of methoxy groups -OCH3 is 1. The smallest absolute Gasteiger partial charge is 0.306 e. The third kappa shape index (κ3) is 5.18. The second kappa shape index (κ2) is 8.83. The molecule has 140 valence electrons. The molecule has 27 heavy (non-hydrogen) atoms. The molecular formula is C19H17ClN2O4S. The normalized spacial score (nSPS) is 10.6. The average molecular weight is 405 g/mol. The Bertz CT molecular complexity index is 940. The summed E-state index contributed by atoms with van der Waals surface area (Å²) in [5.74, 6) is -0.377. The quantitative estimate of drug-likeness (QED) is 0.600. The Balaban J connectivity index is 1.44. The molecule has 0 atom stereocenters. The van der Waals surface area contributed by atoms with Crippen molar-refractivity contribution in [2.75, 3.05) is 19.0 Å². The number of para-hydroxylation sites is 1. The van der Waals surface area contributed by atoms with Crippen LogP contribution in [0.25, 0.3) is 10.2 Å². The fraction of sp³-hybridized carbons (Fsp3) is 0.211. The lowest BCUT2D eigenvalue weighted by atomic mass is 10.3. The minimum atomic E-state index is -0.447. The summed E-state index contributed by atoms with van der Waals surface area (Å²) in [7, 11) is 1.51. The first-order valence-corrected chi connectivity index (χ1v) is 9.38. The second-order valence-electron chi connectivity index (χ2n) is 5.63. The number of carbonyl (C=O) groups excluding carboxylic acids is 2. The van der Waals surface area contributed by atoms with E-state index in [0.29, 0.717) is 22.9 Å². The van der Waals surface area contributed by atoms with Crippen molar-refractivity contribution < 1.29 is 19.1 Å². The molecule has 6 nitrogen and oxygen atoms in total. The third-order valence-electron chi connectivity index (χ3n) is 3.68. The molecule has 0 aliphatic heterocycles. The lowest BCUT2D eigenvalue weighted by Gasteiger charge is -2.08. The monoisotopic (exact) mass is 404 g/mol. The molecule has 1 heterocycles. The zero-order valence-corrected chi connectivity index (χ0v) is 16.1. The maximum absolute atomic E-state index is 11.9. The van der Waals surface area contributed by atoms with Gasteiger partial charge in [-0.05, 0) is 30.3 Å². The standard InChI is InChI=1S/C19H17ClN2O4S/c1-25-15-7-6-12(10-13(15)20)21-17(23)11-26-19(24)9-8-18-22-14-4-2-3-5-16(14)27-18/h2-7,10H,8-9,11H2,1H3,(H,21,23). The Morgan fingerprint density at radius 3 is 2.78 bits per heavy atom. The van der Waals surface area contributed by atoms with Gasteiger partial charge in [0.1, 0.15) is 5.75 Å². The molecule has 0 saturated carbocycles. The van der Waals surface area contributed by atoms with Crippen LogP contribution < -0.4 is 10.1 Å². The molecule has 0 aliphatic rings. The first kappa shape index (κ1) is 19.1. The van der Waals surface area contributed by atoms with Crippen molar-refractivity contribution in [1.29, 1.82) is 0 Å². The molecule has 0 fully saturated rings. The molecular weight excluding hydrogens is 388 g/mol. The maximum Gasteiger partial charge on any atom is 0.306 e. The summed E-state index contributed by atoms with van der Waals surface area (Å²) in [5, 5.41) is 3.86. The highest BCUT2D eigenvalue weighted by atomic mass is 35.5. The topological polar surface area (TPSA) is 77.5 Å². The van der Waals surface area contributed by atoms with Crippen LogP contribution >= 0.6 is 22.9 Å². The molecule has 0 spiro atoms. The van der Waals surface area contributed by atoms with Crippen LogP contribution in [0.3, 0.4) is 0 Å².